The van der Waals surface area contributed by atoms with Crippen LogP contribution in [0.2, 0.25) is 0 Å². The number of para-hydroxylation sites is 1. The summed E-state index contributed by atoms with van der Waals surface area (Å²) in [5, 5.41) is 8.03. The lowest BCUT2D eigenvalue weighted by molar-refractivity contribution is -0.115. The lowest BCUT2D eigenvalue weighted by Gasteiger charge is -2.12. The molecule has 0 atom stereocenters. The Balaban J connectivity index is 2.01. The van der Waals surface area contributed by atoms with Gasteiger partial charge in [0.2, 0.25) is 5.91 Å². The van der Waals surface area contributed by atoms with Gasteiger partial charge in [0.25, 0.3) is 5.91 Å². The fourth-order valence-electron chi connectivity index (χ4n) is 2.36. The summed E-state index contributed by atoms with van der Waals surface area (Å²) in [6, 6.07) is 12.1. The van der Waals surface area contributed by atoms with E-state index in [1.165, 1.54) is 13.1 Å². The van der Waals surface area contributed by atoms with Crippen LogP contribution in [0, 0.1) is 0 Å². The second-order valence-electron chi connectivity index (χ2n) is 5.52. The molecular formula is C20H21N3O4S. The van der Waals surface area contributed by atoms with Crippen LogP contribution in [0.25, 0.3) is 6.08 Å². The first-order valence-electron chi connectivity index (χ1n) is 8.31. The quantitative estimate of drug-likeness (QED) is 0.511. The molecule has 2 amide bonds. The van der Waals surface area contributed by atoms with Gasteiger partial charge in [-0.25, -0.2) is 0 Å². The van der Waals surface area contributed by atoms with E-state index in [9.17, 15) is 9.59 Å². The fraction of sp³-hybridized carbons (Fsp3) is 0.150. The van der Waals surface area contributed by atoms with E-state index in [4.69, 9.17) is 21.7 Å². The molecule has 0 aromatic heterocycles. The van der Waals surface area contributed by atoms with Crippen LogP contribution in [-0.4, -0.2) is 38.2 Å². The zero-order chi connectivity index (χ0) is 20.5. The number of thiocarbonyl (C=S) groups is 1. The van der Waals surface area contributed by atoms with Gasteiger partial charge in [-0.15, -0.1) is 0 Å². The minimum Gasteiger partial charge on any atom is -0.493 e. The van der Waals surface area contributed by atoms with E-state index in [1.54, 1.807) is 62.8 Å². The number of methoxy groups -OCH3 is 2. The number of amides is 2. The predicted octanol–water partition coefficient (Wildman–Crippen LogP) is 2.59. The maximum atomic E-state index is 12.1. The number of ether oxygens (including phenoxy) is 2. The number of rotatable bonds is 6. The minimum atomic E-state index is -0.412. The molecule has 0 saturated carbocycles. The number of nitrogens with one attached hydrogen (secondary N) is 3. The molecule has 0 aliphatic heterocycles. The SMILES string of the molecule is CNC(=O)c1ccccc1NC(=S)NC(=O)/C=C/c1ccc(OC)c(OC)c1. The van der Waals surface area contributed by atoms with Crippen LogP contribution >= 0.6 is 12.2 Å². The van der Waals surface area contributed by atoms with Gasteiger partial charge in [0, 0.05) is 13.1 Å². The lowest BCUT2D eigenvalue weighted by Crippen LogP contribution is -2.33. The molecule has 0 aliphatic carbocycles. The average Bonchev–Trinajstić information content (AvgIpc) is 2.71. The predicted molar refractivity (Wildman–Crippen MR) is 113 cm³/mol. The Morgan fingerprint density at radius 3 is 2.43 bits per heavy atom. The van der Waals surface area contributed by atoms with Crippen molar-refractivity contribution in [3.05, 3.63) is 59.7 Å². The van der Waals surface area contributed by atoms with E-state index in [1.807, 2.05) is 0 Å². The highest BCUT2D eigenvalue weighted by molar-refractivity contribution is 7.80. The first kappa shape index (κ1) is 20.9. The summed E-state index contributed by atoms with van der Waals surface area (Å²) in [6.07, 6.45) is 2.97. The van der Waals surface area contributed by atoms with Gasteiger partial charge in [0.1, 0.15) is 0 Å². The number of benzene rings is 2. The maximum Gasteiger partial charge on any atom is 0.253 e. The van der Waals surface area contributed by atoms with E-state index in [2.05, 4.69) is 16.0 Å². The summed E-state index contributed by atoms with van der Waals surface area (Å²) in [4.78, 5) is 24.0. The summed E-state index contributed by atoms with van der Waals surface area (Å²) < 4.78 is 10.4. The molecule has 7 nitrogen and oxygen atoms in total. The third-order valence-electron chi connectivity index (χ3n) is 3.72. The molecule has 2 aromatic rings. The van der Waals surface area contributed by atoms with Gasteiger partial charge in [-0.3, -0.25) is 14.9 Å². The molecule has 3 N–H and O–H groups in total. The highest BCUT2D eigenvalue weighted by atomic mass is 32.1. The Labute approximate surface area is 168 Å². The zero-order valence-electron chi connectivity index (χ0n) is 15.7. The lowest BCUT2D eigenvalue weighted by atomic mass is 10.1. The Morgan fingerprint density at radius 1 is 1.04 bits per heavy atom. The number of carbonyl (C=O) groups excluding carboxylic acids is 2. The summed E-state index contributed by atoms with van der Waals surface area (Å²) in [7, 11) is 4.63. The van der Waals surface area contributed by atoms with Crippen LogP contribution in [-0.2, 0) is 4.79 Å². The van der Waals surface area contributed by atoms with Gasteiger partial charge in [-0.05, 0) is 48.1 Å². The number of hydrogen-bond donors (Lipinski definition) is 3. The summed E-state index contributed by atoms with van der Waals surface area (Å²) >= 11 is 5.15. The monoisotopic (exact) mass is 399 g/mol. The molecule has 0 saturated heterocycles. The molecule has 0 aliphatic rings. The van der Waals surface area contributed by atoms with Crippen molar-refractivity contribution in [1.82, 2.24) is 10.6 Å². The standard InChI is InChI=1S/C20H21N3O4S/c1-21-19(25)14-6-4-5-7-15(14)22-20(28)23-18(24)11-9-13-8-10-16(26-2)17(12-13)27-3/h4-12H,1-3H3,(H,21,25)(H2,22,23,24,28)/b11-9+. The van der Waals surface area contributed by atoms with Crippen molar-refractivity contribution in [3.63, 3.8) is 0 Å². The Bertz CT molecular complexity index is 912. The topological polar surface area (TPSA) is 88.7 Å². The molecule has 0 bridgehead atoms. The van der Waals surface area contributed by atoms with Gasteiger partial charge in [-0.2, -0.15) is 0 Å². The van der Waals surface area contributed by atoms with Crippen LogP contribution in [0.15, 0.2) is 48.5 Å². The molecule has 0 unspecified atom stereocenters. The molecule has 0 spiro atoms. The van der Waals surface area contributed by atoms with E-state index in [0.29, 0.717) is 22.7 Å². The average molecular weight is 399 g/mol. The largest absolute Gasteiger partial charge is 0.493 e. The Kier molecular flexibility index (Phi) is 7.53. The number of carbonyl (C=O) groups is 2. The van der Waals surface area contributed by atoms with Crippen LogP contribution in [0.4, 0.5) is 5.69 Å². The second-order valence-corrected chi connectivity index (χ2v) is 5.92. The molecule has 146 valence electrons. The van der Waals surface area contributed by atoms with Crippen LogP contribution in [0.3, 0.4) is 0 Å². The van der Waals surface area contributed by atoms with Crippen molar-refractivity contribution in [2.24, 2.45) is 0 Å². The van der Waals surface area contributed by atoms with Crippen molar-refractivity contribution >= 4 is 40.9 Å². The first-order chi connectivity index (χ1) is 13.5. The molecule has 0 fully saturated rings. The van der Waals surface area contributed by atoms with Crippen molar-refractivity contribution in [3.8, 4) is 11.5 Å². The van der Waals surface area contributed by atoms with Gasteiger partial charge < -0.3 is 20.1 Å². The highest BCUT2D eigenvalue weighted by Gasteiger charge is 2.11. The van der Waals surface area contributed by atoms with Crippen molar-refractivity contribution in [2.45, 2.75) is 0 Å². The minimum absolute atomic E-state index is 0.0818. The summed E-state index contributed by atoms with van der Waals surface area (Å²) in [5.41, 5.74) is 1.68. The maximum absolute atomic E-state index is 12.1. The Morgan fingerprint density at radius 2 is 1.75 bits per heavy atom. The first-order valence-corrected chi connectivity index (χ1v) is 8.72. The smallest absolute Gasteiger partial charge is 0.253 e. The van der Waals surface area contributed by atoms with Gasteiger partial charge in [-0.1, -0.05) is 18.2 Å². The summed E-state index contributed by atoms with van der Waals surface area (Å²) in [6.45, 7) is 0. The third kappa shape index (κ3) is 5.55. The van der Waals surface area contributed by atoms with E-state index in [-0.39, 0.29) is 11.0 Å². The second kappa shape index (κ2) is 10.1. The highest BCUT2D eigenvalue weighted by Crippen LogP contribution is 2.27. The van der Waals surface area contributed by atoms with Gasteiger partial charge in [0.15, 0.2) is 16.6 Å². The van der Waals surface area contributed by atoms with Crippen LogP contribution in [0.5, 0.6) is 11.5 Å². The number of hydrogen-bond acceptors (Lipinski definition) is 5. The molecular weight excluding hydrogens is 378 g/mol. The fourth-order valence-corrected chi connectivity index (χ4v) is 2.57. The molecule has 0 radical (unpaired) electrons. The van der Waals surface area contributed by atoms with Crippen LogP contribution in [0.1, 0.15) is 15.9 Å². The van der Waals surface area contributed by atoms with Crippen LogP contribution < -0.4 is 25.4 Å². The van der Waals surface area contributed by atoms with Gasteiger partial charge in [0.05, 0.1) is 25.5 Å². The Hall–Kier alpha value is -3.39. The van der Waals surface area contributed by atoms with E-state index in [0.717, 1.165) is 5.56 Å². The van der Waals surface area contributed by atoms with Crippen molar-refractivity contribution in [2.75, 3.05) is 26.6 Å². The van der Waals surface area contributed by atoms with E-state index < -0.39 is 5.91 Å². The molecule has 2 rings (SSSR count). The molecule has 28 heavy (non-hydrogen) atoms. The molecule has 8 heteroatoms. The normalized spacial score (nSPS) is 10.2. The third-order valence-corrected chi connectivity index (χ3v) is 3.92. The molecule has 0 heterocycles. The van der Waals surface area contributed by atoms with Crippen molar-refractivity contribution in [1.29, 1.82) is 0 Å². The summed E-state index contributed by atoms with van der Waals surface area (Å²) in [5.74, 6) is 0.493. The molecule has 2 aromatic carbocycles. The zero-order valence-corrected chi connectivity index (χ0v) is 16.6. The van der Waals surface area contributed by atoms with Crippen molar-refractivity contribution < 1.29 is 19.1 Å². The van der Waals surface area contributed by atoms with Gasteiger partial charge >= 0.3 is 0 Å². The number of anilines is 1. The van der Waals surface area contributed by atoms with E-state index >= 15 is 0 Å².